The molecule has 1 fully saturated rings. The summed E-state index contributed by atoms with van der Waals surface area (Å²) in [5.41, 5.74) is 0.595. The molecule has 1 amide bonds. The molecule has 0 saturated heterocycles. The highest BCUT2D eigenvalue weighted by Gasteiger charge is 2.21. The number of hydrogen-bond donors (Lipinski definition) is 1. The Bertz CT molecular complexity index is 1560. The van der Waals surface area contributed by atoms with Crippen molar-refractivity contribution in [3.05, 3.63) is 80.2 Å². The first-order valence-corrected chi connectivity index (χ1v) is 12.5. The Hall–Kier alpha value is -3.75. The molecule has 36 heavy (non-hydrogen) atoms. The summed E-state index contributed by atoms with van der Waals surface area (Å²) >= 11 is 0. The van der Waals surface area contributed by atoms with E-state index in [4.69, 9.17) is 0 Å². The van der Waals surface area contributed by atoms with Gasteiger partial charge in [0.25, 0.3) is 11.5 Å². The van der Waals surface area contributed by atoms with Crippen LogP contribution in [0, 0.1) is 11.7 Å². The van der Waals surface area contributed by atoms with Crippen molar-refractivity contribution >= 4 is 22.6 Å². The van der Waals surface area contributed by atoms with Crippen molar-refractivity contribution in [2.75, 3.05) is 0 Å². The minimum Gasteiger partial charge on any atom is -0.349 e. The van der Waals surface area contributed by atoms with Crippen LogP contribution < -0.4 is 16.6 Å². The minimum absolute atomic E-state index is 0.0556. The maximum atomic E-state index is 13.7. The number of hydrogen-bond acceptors (Lipinski definition) is 4. The Kier molecular flexibility index (Phi) is 6.47. The van der Waals surface area contributed by atoms with Crippen molar-refractivity contribution in [3.8, 4) is 0 Å². The summed E-state index contributed by atoms with van der Waals surface area (Å²) in [7, 11) is 0. The Balaban J connectivity index is 1.66. The molecule has 0 aliphatic heterocycles. The van der Waals surface area contributed by atoms with E-state index in [1.54, 1.807) is 30.3 Å². The molecule has 1 aliphatic rings. The zero-order valence-electron chi connectivity index (χ0n) is 20.5. The van der Waals surface area contributed by atoms with Gasteiger partial charge in [-0.2, -0.15) is 0 Å². The Morgan fingerprint density at radius 3 is 2.64 bits per heavy atom. The molecule has 8 nitrogen and oxygen atoms in total. The van der Waals surface area contributed by atoms with Crippen molar-refractivity contribution in [2.24, 2.45) is 5.92 Å². The van der Waals surface area contributed by atoms with E-state index in [1.807, 2.05) is 0 Å². The molecule has 5 rings (SSSR count). The van der Waals surface area contributed by atoms with E-state index < -0.39 is 11.5 Å². The molecule has 1 saturated carbocycles. The van der Waals surface area contributed by atoms with Gasteiger partial charge in [0.05, 0.1) is 17.4 Å². The fraction of sp³-hybridized carbons (Fsp3) is 0.407. The third-order valence-electron chi connectivity index (χ3n) is 6.88. The molecule has 0 bridgehead atoms. The smallest absolute Gasteiger partial charge is 0.349 e. The summed E-state index contributed by atoms with van der Waals surface area (Å²) in [6.45, 7) is 4.58. The molecule has 2 aromatic carbocycles. The van der Waals surface area contributed by atoms with Crippen molar-refractivity contribution < 1.29 is 9.18 Å². The summed E-state index contributed by atoms with van der Waals surface area (Å²) in [5.74, 6) is -0.0685. The van der Waals surface area contributed by atoms with Crippen LogP contribution in [-0.2, 0) is 13.1 Å². The van der Waals surface area contributed by atoms with Gasteiger partial charge in [0.15, 0.2) is 0 Å². The number of amides is 1. The van der Waals surface area contributed by atoms with Gasteiger partial charge in [-0.05, 0) is 61.1 Å². The lowest BCUT2D eigenvalue weighted by molar-refractivity contribution is 0.0938. The van der Waals surface area contributed by atoms with Crippen LogP contribution in [0.2, 0.25) is 0 Å². The van der Waals surface area contributed by atoms with Gasteiger partial charge in [-0.3, -0.25) is 14.2 Å². The Morgan fingerprint density at radius 1 is 1.14 bits per heavy atom. The highest BCUT2D eigenvalue weighted by molar-refractivity contribution is 5.98. The number of aryl methyl sites for hydroxylation is 1. The van der Waals surface area contributed by atoms with Crippen molar-refractivity contribution in [3.63, 3.8) is 0 Å². The van der Waals surface area contributed by atoms with Crippen LogP contribution in [0.4, 0.5) is 4.39 Å². The summed E-state index contributed by atoms with van der Waals surface area (Å²) in [6, 6.07) is 11.0. The number of carbonyl (C=O) groups is 1. The number of carbonyl (C=O) groups excluding carboxylic acids is 1. The van der Waals surface area contributed by atoms with Crippen LogP contribution in [0.3, 0.4) is 0 Å². The van der Waals surface area contributed by atoms with Gasteiger partial charge in [0, 0.05) is 18.2 Å². The van der Waals surface area contributed by atoms with Crippen LogP contribution in [0.1, 0.15) is 61.9 Å². The molecule has 9 heteroatoms. The van der Waals surface area contributed by atoms with Crippen molar-refractivity contribution in [2.45, 2.75) is 65.1 Å². The van der Waals surface area contributed by atoms with Crippen LogP contribution >= 0.6 is 0 Å². The van der Waals surface area contributed by atoms with Gasteiger partial charge in [-0.25, -0.2) is 18.3 Å². The fourth-order valence-corrected chi connectivity index (χ4v) is 4.90. The number of nitrogens with one attached hydrogen (secondary N) is 1. The summed E-state index contributed by atoms with van der Waals surface area (Å²) in [5, 5.41) is 7.89. The first-order chi connectivity index (χ1) is 17.3. The van der Waals surface area contributed by atoms with E-state index in [-0.39, 0.29) is 29.8 Å². The first-order valence-electron chi connectivity index (χ1n) is 12.5. The monoisotopic (exact) mass is 491 g/mol. The molecule has 0 spiro atoms. The molecule has 4 aromatic rings. The average molecular weight is 492 g/mol. The van der Waals surface area contributed by atoms with Gasteiger partial charge < -0.3 is 5.32 Å². The number of rotatable bonds is 7. The zero-order valence-corrected chi connectivity index (χ0v) is 20.5. The van der Waals surface area contributed by atoms with E-state index in [2.05, 4.69) is 24.3 Å². The lowest BCUT2D eigenvalue weighted by Crippen LogP contribution is -2.33. The van der Waals surface area contributed by atoms with E-state index in [1.165, 1.54) is 25.8 Å². The molecule has 2 aromatic heterocycles. The largest absolute Gasteiger partial charge is 0.352 e. The summed E-state index contributed by atoms with van der Waals surface area (Å²) in [6.07, 6.45) is 4.83. The number of nitrogens with zero attached hydrogens (tertiary/aromatic N) is 4. The molecule has 0 atom stereocenters. The number of halogens is 1. The van der Waals surface area contributed by atoms with Crippen LogP contribution in [-0.4, -0.2) is 30.7 Å². The van der Waals surface area contributed by atoms with E-state index >= 15 is 0 Å². The topological polar surface area (TPSA) is 90.4 Å². The van der Waals surface area contributed by atoms with Crippen molar-refractivity contribution in [1.29, 1.82) is 0 Å². The minimum atomic E-state index is -0.453. The highest BCUT2D eigenvalue weighted by Crippen LogP contribution is 2.20. The van der Waals surface area contributed by atoms with E-state index in [0.29, 0.717) is 34.5 Å². The maximum Gasteiger partial charge on any atom is 0.352 e. The number of benzene rings is 2. The normalized spacial score (nSPS) is 14.3. The SMILES string of the molecule is CC(C)CCn1c(=O)c2ccc(C(=O)NC3CCCC3)cc2n2c(=O)n(Cc3cccc(F)c3)nc12. The highest BCUT2D eigenvalue weighted by atomic mass is 19.1. The maximum absolute atomic E-state index is 13.7. The number of aromatic nitrogens is 4. The van der Waals surface area contributed by atoms with E-state index in [0.717, 1.165) is 32.1 Å². The fourth-order valence-electron chi connectivity index (χ4n) is 4.90. The molecule has 0 radical (unpaired) electrons. The molecule has 1 N–H and O–H groups in total. The van der Waals surface area contributed by atoms with E-state index in [9.17, 15) is 18.8 Å². The van der Waals surface area contributed by atoms with Crippen LogP contribution in [0.25, 0.3) is 16.7 Å². The Labute approximate surface area is 207 Å². The molecular weight excluding hydrogens is 461 g/mol. The molecule has 1 aliphatic carbocycles. The lowest BCUT2D eigenvalue weighted by Gasteiger charge is -2.14. The third-order valence-corrected chi connectivity index (χ3v) is 6.88. The van der Waals surface area contributed by atoms with Gasteiger partial charge in [0.1, 0.15) is 5.82 Å². The number of fused-ring (bicyclic) bond motifs is 3. The average Bonchev–Trinajstić information content (AvgIpc) is 3.46. The van der Waals surface area contributed by atoms with Crippen molar-refractivity contribution in [1.82, 2.24) is 24.1 Å². The van der Waals surface area contributed by atoms with Crippen LogP contribution in [0.15, 0.2) is 52.1 Å². The lowest BCUT2D eigenvalue weighted by atomic mass is 10.1. The Morgan fingerprint density at radius 2 is 1.92 bits per heavy atom. The van der Waals surface area contributed by atoms with Gasteiger partial charge >= 0.3 is 5.69 Å². The molecule has 2 heterocycles. The summed E-state index contributed by atoms with van der Waals surface area (Å²) in [4.78, 5) is 40.0. The van der Waals surface area contributed by atoms with Gasteiger partial charge in [-0.1, -0.05) is 38.8 Å². The third kappa shape index (κ3) is 4.57. The second kappa shape index (κ2) is 9.72. The zero-order chi connectivity index (χ0) is 25.4. The molecular formula is C27H30FN5O3. The predicted octanol–water partition coefficient (Wildman–Crippen LogP) is 3.72. The van der Waals surface area contributed by atoms with Gasteiger partial charge in [-0.15, -0.1) is 5.10 Å². The second-order valence-corrected chi connectivity index (χ2v) is 10.0. The first kappa shape index (κ1) is 24.0. The van der Waals surface area contributed by atoms with Crippen LogP contribution in [0.5, 0.6) is 0 Å². The standard InChI is InChI=1S/C27H30FN5O3/c1-17(2)12-13-31-25(35)22-11-10-19(24(34)29-21-8-3-4-9-21)15-23(22)33-26(31)30-32(27(33)36)16-18-6-5-7-20(28)14-18/h5-7,10-11,14-15,17,21H,3-4,8-9,12-13,16H2,1-2H3,(H,29,34). The quantitative estimate of drug-likeness (QED) is 0.427. The van der Waals surface area contributed by atoms with Gasteiger partial charge in [0.2, 0.25) is 5.78 Å². The summed E-state index contributed by atoms with van der Waals surface area (Å²) < 4.78 is 17.9. The molecule has 0 unspecified atom stereocenters. The predicted molar refractivity (Wildman–Crippen MR) is 136 cm³/mol. The molecule has 188 valence electrons. The second-order valence-electron chi connectivity index (χ2n) is 10.0.